The third-order valence-electron chi connectivity index (χ3n) is 3.01. The van der Waals surface area contributed by atoms with Crippen LogP contribution in [0.15, 0.2) is 12.1 Å². The molecule has 2 rings (SSSR count). The molecule has 1 aliphatic heterocycles. The molecule has 15 heavy (non-hydrogen) atoms. The predicted octanol–water partition coefficient (Wildman–Crippen LogP) is 2.57. The van der Waals surface area contributed by atoms with Crippen LogP contribution in [-0.4, -0.2) is 13.7 Å². The maximum Gasteiger partial charge on any atom is 0.129 e. The van der Waals surface area contributed by atoms with Crippen LogP contribution >= 0.6 is 0 Å². The topological polar surface area (TPSA) is 21.3 Å². The van der Waals surface area contributed by atoms with Crippen molar-refractivity contribution >= 4 is 0 Å². The Balaban J connectivity index is 2.41. The lowest BCUT2D eigenvalue weighted by Gasteiger charge is -2.17. The van der Waals surface area contributed by atoms with Crippen LogP contribution in [0.25, 0.3) is 0 Å². The second-order valence-electron chi connectivity index (χ2n) is 3.94. The minimum atomic E-state index is -0.200. The van der Waals surface area contributed by atoms with Crippen LogP contribution < -0.4 is 10.1 Å². The molecule has 1 heterocycles. The fourth-order valence-electron chi connectivity index (χ4n) is 2.18. The van der Waals surface area contributed by atoms with Crippen LogP contribution in [0.1, 0.15) is 30.0 Å². The first-order valence-electron chi connectivity index (χ1n) is 5.30. The largest absolute Gasteiger partial charge is 0.496 e. The highest BCUT2D eigenvalue weighted by atomic mass is 19.1. The van der Waals surface area contributed by atoms with E-state index in [1.807, 2.05) is 6.07 Å². The van der Waals surface area contributed by atoms with Gasteiger partial charge >= 0.3 is 0 Å². The number of hydrogen-bond acceptors (Lipinski definition) is 2. The molecule has 1 N–H and O–H groups in total. The quantitative estimate of drug-likeness (QED) is 0.808. The van der Waals surface area contributed by atoms with Gasteiger partial charge in [-0.15, -0.1) is 0 Å². The lowest BCUT2D eigenvalue weighted by Crippen LogP contribution is -2.14. The number of halogens is 1. The van der Waals surface area contributed by atoms with Crippen molar-refractivity contribution in [2.24, 2.45) is 0 Å². The van der Waals surface area contributed by atoms with E-state index < -0.39 is 0 Å². The summed E-state index contributed by atoms with van der Waals surface area (Å²) < 4.78 is 18.6. The van der Waals surface area contributed by atoms with Crippen LogP contribution in [0.3, 0.4) is 0 Å². The fraction of sp³-hybridized carbons (Fsp3) is 0.500. The Bertz CT molecular complexity index is 359. The summed E-state index contributed by atoms with van der Waals surface area (Å²) in [6.45, 7) is 2.79. The fourth-order valence-corrected chi connectivity index (χ4v) is 2.18. The van der Waals surface area contributed by atoms with Gasteiger partial charge in [0.25, 0.3) is 0 Å². The number of ether oxygens (including phenoxy) is 1. The van der Waals surface area contributed by atoms with Crippen molar-refractivity contribution in [2.45, 2.75) is 25.8 Å². The zero-order valence-corrected chi connectivity index (χ0v) is 9.14. The van der Waals surface area contributed by atoms with Gasteiger partial charge in [-0.1, -0.05) is 6.07 Å². The molecule has 2 nitrogen and oxygen atoms in total. The van der Waals surface area contributed by atoms with Gasteiger partial charge in [0.2, 0.25) is 0 Å². The molecule has 1 saturated heterocycles. The summed E-state index contributed by atoms with van der Waals surface area (Å²) in [5.41, 5.74) is 1.68. The molecule has 0 aromatic heterocycles. The molecule has 0 bridgehead atoms. The summed E-state index contributed by atoms with van der Waals surface area (Å²) in [6, 6.07) is 3.66. The molecule has 0 amide bonds. The Morgan fingerprint density at radius 2 is 2.27 bits per heavy atom. The van der Waals surface area contributed by atoms with Crippen molar-refractivity contribution in [2.75, 3.05) is 13.7 Å². The van der Waals surface area contributed by atoms with E-state index in [1.165, 1.54) is 12.5 Å². The summed E-state index contributed by atoms with van der Waals surface area (Å²) in [5.74, 6) is 0.489. The number of nitrogens with one attached hydrogen (secondary N) is 1. The normalized spacial score (nSPS) is 20.6. The van der Waals surface area contributed by atoms with E-state index in [0.717, 1.165) is 18.5 Å². The molecule has 0 saturated carbocycles. The molecule has 0 aliphatic carbocycles. The van der Waals surface area contributed by atoms with E-state index >= 15 is 0 Å². The van der Waals surface area contributed by atoms with Gasteiger partial charge in [-0.25, -0.2) is 4.39 Å². The molecule has 3 heteroatoms. The van der Waals surface area contributed by atoms with Crippen molar-refractivity contribution in [3.8, 4) is 5.75 Å². The van der Waals surface area contributed by atoms with Gasteiger partial charge in [0.05, 0.1) is 7.11 Å². The van der Waals surface area contributed by atoms with Gasteiger partial charge in [-0.05, 0) is 32.4 Å². The van der Waals surface area contributed by atoms with E-state index in [2.05, 4.69) is 5.32 Å². The maximum absolute atomic E-state index is 13.3. The monoisotopic (exact) mass is 209 g/mol. The molecule has 1 aliphatic rings. The van der Waals surface area contributed by atoms with E-state index in [1.54, 1.807) is 14.0 Å². The number of rotatable bonds is 2. The van der Waals surface area contributed by atoms with E-state index in [0.29, 0.717) is 17.4 Å². The van der Waals surface area contributed by atoms with E-state index in [-0.39, 0.29) is 5.82 Å². The molecular weight excluding hydrogens is 193 g/mol. The molecule has 0 spiro atoms. The highest BCUT2D eigenvalue weighted by molar-refractivity contribution is 5.43. The second-order valence-corrected chi connectivity index (χ2v) is 3.94. The average molecular weight is 209 g/mol. The molecule has 1 unspecified atom stereocenters. The van der Waals surface area contributed by atoms with Gasteiger partial charge in [0.15, 0.2) is 0 Å². The summed E-state index contributed by atoms with van der Waals surface area (Å²) >= 11 is 0. The first-order chi connectivity index (χ1) is 7.24. The molecule has 1 aromatic carbocycles. The van der Waals surface area contributed by atoms with Crippen molar-refractivity contribution < 1.29 is 9.13 Å². The van der Waals surface area contributed by atoms with Crippen molar-refractivity contribution in [3.63, 3.8) is 0 Å². The second kappa shape index (κ2) is 4.19. The number of benzene rings is 1. The first kappa shape index (κ1) is 10.4. The summed E-state index contributed by atoms with van der Waals surface area (Å²) in [6.07, 6.45) is 2.27. The molecule has 82 valence electrons. The van der Waals surface area contributed by atoms with Gasteiger partial charge in [0, 0.05) is 17.2 Å². The highest BCUT2D eigenvalue weighted by Gasteiger charge is 2.21. The van der Waals surface area contributed by atoms with Crippen LogP contribution in [-0.2, 0) is 0 Å². The molecule has 1 fully saturated rings. The molecular formula is C12H16FNO. The van der Waals surface area contributed by atoms with Gasteiger partial charge in [-0.3, -0.25) is 0 Å². The van der Waals surface area contributed by atoms with Crippen molar-refractivity contribution in [1.82, 2.24) is 5.32 Å². The highest BCUT2D eigenvalue weighted by Crippen LogP contribution is 2.34. The maximum atomic E-state index is 13.3. The van der Waals surface area contributed by atoms with Crippen LogP contribution in [0, 0.1) is 12.7 Å². The number of hydrogen-bond donors (Lipinski definition) is 1. The smallest absolute Gasteiger partial charge is 0.129 e. The first-order valence-corrected chi connectivity index (χ1v) is 5.30. The summed E-state index contributed by atoms with van der Waals surface area (Å²) in [7, 11) is 1.60. The zero-order chi connectivity index (χ0) is 10.8. The Kier molecular flexibility index (Phi) is 2.91. The van der Waals surface area contributed by atoms with Gasteiger partial charge < -0.3 is 10.1 Å². The van der Waals surface area contributed by atoms with Crippen LogP contribution in [0.4, 0.5) is 4.39 Å². The Hall–Kier alpha value is -1.09. The average Bonchev–Trinajstić information content (AvgIpc) is 2.75. The Morgan fingerprint density at radius 3 is 2.87 bits per heavy atom. The Morgan fingerprint density at radius 1 is 1.47 bits per heavy atom. The minimum Gasteiger partial charge on any atom is -0.496 e. The zero-order valence-electron chi connectivity index (χ0n) is 9.14. The van der Waals surface area contributed by atoms with Crippen molar-refractivity contribution in [3.05, 3.63) is 29.1 Å². The lowest BCUT2D eigenvalue weighted by molar-refractivity contribution is 0.395. The van der Waals surface area contributed by atoms with Crippen molar-refractivity contribution in [1.29, 1.82) is 0 Å². The third kappa shape index (κ3) is 1.84. The third-order valence-corrected chi connectivity index (χ3v) is 3.01. The molecule has 1 aromatic rings. The van der Waals surface area contributed by atoms with Gasteiger partial charge in [-0.2, -0.15) is 0 Å². The molecule has 0 radical (unpaired) electrons. The standard InChI is InChI=1S/C12H16FNO/c1-8-10(13)6-5-9(12(8)15-2)11-4-3-7-14-11/h5-6,11,14H,3-4,7H2,1-2H3. The van der Waals surface area contributed by atoms with Crippen LogP contribution in [0.2, 0.25) is 0 Å². The number of methoxy groups -OCH3 is 1. The van der Waals surface area contributed by atoms with E-state index in [4.69, 9.17) is 4.74 Å². The summed E-state index contributed by atoms with van der Waals surface area (Å²) in [5, 5.41) is 3.39. The minimum absolute atomic E-state index is 0.200. The molecule has 1 atom stereocenters. The predicted molar refractivity (Wildman–Crippen MR) is 57.7 cm³/mol. The van der Waals surface area contributed by atoms with Crippen LogP contribution in [0.5, 0.6) is 5.75 Å². The lowest BCUT2D eigenvalue weighted by atomic mass is 10.0. The Labute approximate surface area is 89.4 Å². The van der Waals surface area contributed by atoms with Gasteiger partial charge in [0.1, 0.15) is 11.6 Å². The van der Waals surface area contributed by atoms with E-state index in [9.17, 15) is 4.39 Å². The SMILES string of the molecule is COc1c(C2CCCN2)ccc(F)c1C. The summed E-state index contributed by atoms with van der Waals surface area (Å²) in [4.78, 5) is 0.